The quantitative estimate of drug-likeness (QED) is 0.00643. The van der Waals surface area contributed by atoms with E-state index in [4.69, 9.17) is 38.9 Å². The fraction of sp³-hybridized carbons (Fsp3) is 0.346. The van der Waals surface area contributed by atoms with Crippen LogP contribution in [0.3, 0.4) is 0 Å². The van der Waals surface area contributed by atoms with Gasteiger partial charge in [-0.2, -0.15) is 0 Å². The number of anilines is 2. The number of ether oxygens (including phenoxy) is 3. The number of aryl methyl sites for hydroxylation is 3. The van der Waals surface area contributed by atoms with Crippen molar-refractivity contribution in [1.82, 2.24) is 0 Å². The van der Waals surface area contributed by atoms with Gasteiger partial charge in [0.05, 0.1) is 61.4 Å². The van der Waals surface area contributed by atoms with Crippen molar-refractivity contribution >= 4 is 139 Å². The molecule has 14 nitrogen and oxygen atoms in total. The molecule has 18 heteroatoms. The van der Waals surface area contributed by atoms with Crippen molar-refractivity contribution in [3.63, 3.8) is 0 Å². The molecule has 0 aliphatic carbocycles. The zero-order valence-corrected chi connectivity index (χ0v) is 63.3. The first kappa shape index (κ1) is 76.4. The Hall–Kier alpha value is -7.01. The third-order valence-electron chi connectivity index (χ3n) is 16.1. The van der Waals surface area contributed by atoms with E-state index in [9.17, 15) is 29.7 Å². The number of allylic oxidation sites excluding steroid dienone is 3. The van der Waals surface area contributed by atoms with Gasteiger partial charge >= 0.3 is 0 Å². The maximum Gasteiger partial charge on any atom is 0.197 e. The SMILES string of the molecule is C=C(CCCC)Oc1ccc2c(C(=O)c3cc(Br)c(O)c(Br)c3)c(CCCCC)oc2c1.C=C(CCCC)Oc1ccc2c(C(=O)c3cc(I)c(O)c(I)c3)c(CCCCC)oc2c1.C=C(CCCC)Oc1ccc2c(C(=O)c3cc(N)c(O)c(N)c3)c(CCCCC)oc2c1. The van der Waals surface area contributed by atoms with Crippen LogP contribution in [0.25, 0.3) is 32.9 Å². The molecule has 3 aromatic heterocycles. The fourth-order valence-corrected chi connectivity index (χ4v) is 13.8. The molecule has 0 bridgehead atoms. The van der Waals surface area contributed by atoms with Crippen LogP contribution in [-0.2, 0) is 19.3 Å². The van der Waals surface area contributed by atoms with Crippen LogP contribution >= 0.6 is 77.0 Å². The van der Waals surface area contributed by atoms with Crippen molar-refractivity contribution in [2.75, 3.05) is 11.5 Å². The molecule has 0 radical (unpaired) electrons. The minimum Gasteiger partial charge on any atom is -0.506 e. The molecule has 96 heavy (non-hydrogen) atoms. The summed E-state index contributed by atoms with van der Waals surface area (Å²) in [6.07, 6.45) is 20.0. The summed E-state index contributed by atoms with van der Waals surface area (Å²) in [5, 5.41) is 32.2. The first-order valence-electron chi connectivity index (χ1n) is 33.2. The van der Waals surface area contributed by atoms with Gasteiger partial charge in [-0.1, -0.05) is 119 Å². The second-order valence-corrected chi connectivity index (χ2v) is 27.9. The van der Waals surface area contributed by atoms with E-state index < -0.39 is 0 Å². The molecule has 9 aromatic rings. The molecule has 0 aliphatic rings. The summed E-state index contributed by atoms with van der Waals surface area (Å²) < 4.78 is 38.4. The van der Waals surface area contributed by atoms with Gasteiger partial charge < -0.3 is 54.2 Å². The van der Waals surface area contributed by atoms with Crippen LogP contribution in [0.2, 0.25) is 0 Å². The lowest BCUT2D eigenvalue weighted by atomic mass is 9.97. The number of carbonyl (C=O) groups is 3. The number of aromatic hydroxyl groups is 3. The molecule has 7 N–H and O–H groups in total. The van der Waals surface area contributed by atoms with Gasteiger partial charge in [-0.25, -0.2) is 0 Å². The first-order valence-corrected chi connectivity index (χ1v) is 36.9. The number of benzene rings is 6. The Morgan fingerprint density at radius 1 is 0.417 bits per heavy atom. The van der Waals surface area contributed by atoms with Gasteiger partial charge in [0.1, 0.15) is 62.8 Å². The number of fused-ring (bicyclic) bond motifs is 3. The highest BCUT2D eigenvalue weighted by Gasteiger charge is 2.28. The molecule has 0 spiro atoms. The molecule has 6 aromatic carbocycles. The predicted octanol–water partition coefficient (Wildman–Crippen LogP) is 23.5. The van der Waals surface area contributed by atoms with Crippen LogP contribution in [-0.4, -0.2) is 32.7 Å². The average molecular weight is 1660 g/mol. The molecule has 9 rings (SSSR count). The van der Waals surface area contributed by atoms with Gasteiger partial charge in [0.2, 0.25) is 0 Å². The predicted molar refractivity (Wildman–Crippen MR) is 410 cm³/mol. The minimum atomic E-state index is -0.241. The maximum atomic E-state index is 13.6. The first-order chi connectivity index (χ1) is 46.0. The Balaban J connectivity index is 0.000000203. The second kappa shape index (κ2) is 37.1. The number of nitrogens with two attached hydrogens (primary N) is 2. The molecule has 0 saturated heterocycles. The summed E-state index contributed by atoms with van der Waals surface area (Å²) in [6, 6.07) is 26.2. The molecular formula is C78H88Br2I2N2O12. The van der Waals surface area contributed by atoms with Crippen molar-refractivity contribution in [1.29, 1.82) is 0 Å². The summed E-state index contributed by atoms with van der Waals surface area (Å²) in [5.74, 6) is 5.69. The topological polar surface area (TPSA) is 231 Å². The highest BCUT2D eigenvalue weighted by Crippen LogP contribution is 2.40. The summed E-state index contributed by atoms with van der Waals surface area (Å²) in [7, 11) is 0. The number of rotatable bonds is 33. The van der Waals surface area contributed by atoms with Gasteiger partial charge in [-0.05, 0) is 188 Å². The van der Waals surface area contributed by atoms with Crippen LogP contribution in [0.4, 0.5) is 11.4 Å². The van der Waals surface area contributed by atoms with E-state index in [1.807, 2.05) is 48.5 Å². The monoisotopic (exact) mass is 1660 g/mol. The van der Waals surface area contributed by atoms with Crippen molar-refractivity contribution in [3.8, 4) is 34.5 Å². The lowest BCUT2D eigenvalue weighted by Gasteiger charge is -2.09. The lowest BCUT2D eigenvalue weighted by molar-refractivity contribution is 0.103. The fourth-order valence-electron chi connectivity index (χ4n) is 10.9. The van der Waals surface area contributed by atoms with Gasteiger partial charge in [0, 0.05) is 89.6 Å². The van der Waals surface area contributed by atoms with Gasteiger partial charge in [0.15, 0.2) is 23.1 Å². The van der Waals surface area contributed by atoms with E-state index in [0.29, 0.717) is 131 Å². The summed E-state index contributed by atoms with van der Waals surface area (Å²) in [4.78, 5) is 40.6. The number of unbranched alkanes of at least 4 members (excludes halogenated alkanes) is 9. The summed E-state index contributed by atoms with van der Waals surface area (Å²) in [6.45, 7) is 24.8. The van der Waals surface area contributed by atoms with E-state index in [2.05, 4.69) is 138 Å². The normalized spacial score (nSPS) is 11.1. The Labute approximate surface area is 607 Å². The Morgan fingerprint density at radius 2 is 0.708 bits per heavy atom. The molecule has 510 valence electrons. The van der Waals surface area contributed by atoms with Crippen molar-refractivity contribution in [2.24, 2.45) is 0 Å². The third kappa shape index (κ3) is 20.1. The smallest absolute Gasteiger partial charge is 0.197 e. The number of hydrogen-bond donors (Lipinski definition) is 5. The number of phenolic OH excluding ortho intramolecular Hbond substituents is 3. The molecule has 0 aliphatic heterocycles. The summed E-state index contributed by atoms with van der Waals surface area (Å²) >= 11 is 10.7. The molecule has 3 heterocycles. The molecule has 0 unspecified atom stereocenters. The zero-order chi connectivity index (χ0) is 69.8. The van der Waals surface area contributed by atoms with Crippen LogP contribution in [0, 0.1) is 7.14 Å². The molecule has 0 atom stereocenters. The second-order valence-electron chi connectivity index (χ2n) is 23.8. The minimum absolute atomic E-state index is 0.0619. The van der Waals surface area contributed by atoms with Crippen LogP contribution in [0.15, 0.2) is 150 Å². The standard InChI is InChI=1S/C26H28Br2O4.C26H28I2O4.C26H32N2O4/c3*1-4-6-8-10-22-24(25(29)17-13-20(27)26(30)21(28)14-17)19-12-11-18(15-23(19)32-22)31-16(3)9-7-5-2/h2*11-15,30H,3-10H2,1-2H3;11-15,30H,3-10,27-28H2,1-2H3. The van der Waals surface area contributed by atoms with Crippen LogP contribution < -0.4 is 25.7 Å². The highest BCUT2D eigenvalue weighted by molar-refractivity contribution is 14.1. The number of furan rings is 3. The van der Waals surface area contributed by atoms with E-state index in [0.717, 1.165) is 138 Å². The number of phenols is 3. The van der Waals surface area contributed by atoms with Gasteiger partial charge in [-0.3, -0.25) is 14.4 Å². The number of hydrogen-bond acceptors (Lipinski definition) is 14. The molecule has 0 amide bonds. The maximum absolute atomic E-state index is 13.6. The van der Waals surface area contributed by atoms with Crippen molar-refractivity contribution < 1.29 is 57.2 Å². The van der Waals surface area contributed by atoms with Crippen molar-refractivity contribution in [3.05, 3.63) is 195 Å². The molecule has 0 fully saturated rings. The molecule has 0 saturated carbocycles. The number of carbonyl (C=O) groups excluding carboxylic acids is 3. The van der Waals surface area contributed by atoms with E-state index >= 15 is 0 Å². The van der Waals surface area contributed by atoms with E-state index in [1.54, 1.807) is 30.3 Å². The van der Waals surface area contributed by atoms with Crippen LogP contribution in [0.1, 0.15) is 222 Å². The number of nitrogen functional groups attached to an aromatic ring is 2. The van der Waals surface area contributed by atoms with Crippen LogP contribution in [0.5, 0.6) is 34.5 Å². The number of ketones is 3. The third-order valence-corrected chi connectivity index (χ3v) is 19.0. The Kier molecular flexibility index (Phi) is 29.5. The zero-order valence-electron chi connectivity index (χ0n) is 55.8. The van der Waals surface area contributed by atoms with Crippen molar-refractivity contribution in [2.45, 2.75) is 176 Å². The molecular weight excluding hydrogens is 1570 g/mol. The largest absolute Gasteiger partial charge is 0.506 e. The van der Waals surface area contributed by atoms with Gasteiger partial charge in [-0.15, -0.1) is 0 Å². The Bertz CT molecular complexity index is 3760. The van der Waals surface area contributed by atoms with E-state index in [-0.39, 0.29) is 46.0 Å². The summed E-state index contributed by atoms with van der Waals surface area (Å²) in [5.41, 5.74) is 16.6. The Morgan fingerprint density at radius 3 is 1.01 bits per heavy atom. The number of halogens is 4. The highest BCUT2D eigenvalue weighted by atomic mass is 127. The van der Waals surface area contributed by atoms with E-state index in [1.165, 1.54) is 12.1 Å². The lowest BCUT2D eigenvalue weighted by Crippen LogP contribution is -2.06. The van der Waals surface area contributed by atoms with Gasteiger partial charge in [0.25, 0.3) is 0 Å². The average Bonchev–Trinajstić information content (AvgIpc) is 1.62.